The predicted molar refractivity (Wildman–Crippen MR) is 298 cm³/mol. The van der Waals surface area contributed by atoms with Crippen molar-refractivity contribution in [3.63, 3.8) is 0 Å². The molecule has 404 valence electrons. The van der Waals surface area contributed by atoms with Crippen molar-refractivity contribution in [2.24, 2.45) is 15.7 Å². The highest BCUT2D eigenvalue weighted by atomic mass is 16.5. The number of aryl methyl sites for hydroxylation is 7. The number of methoxy groups -OCH3 is 2. The number of anilines is 1. The zero-order chi connectivity index (χ0) is 54.3. The van der Waals surface area contributed by atoms with Crippen LogP contribution in [0.5, 0.6) is 23.0 Å². The highest BCUT2D eigenvalue weighted by Gasteiger charge is 2.25. The number of aromatic amines is 1. The van der Waals surface area contributed by atoms with Crippen molar-refractivity contribution >= 4 is 17.3 Å². The second kappa shape index (κ2) is 23.6. The van der Waals surface area contributed by atoms with E-state index in [0.717, 1.165) is 78.4 Å². The number of hydrogen-bond donors (Lipinski definition) is 6. The van der Waals surface area contributed by atoms with Crippen molar-refractivity contribution in [2.75, 3.05) is 52.9 Å². The van der Waals surface area contributed by atoms with Crippen LogP contribution in [0, 0.1) is 34.6 Å². The molecule has 5 heterocycles. The van der Waals surface area contributed by atoms with Gasteiger partial charge in [-0.15, -0.1) is 0 Å². The van der Waals surface area contributed by atoms with Gasteiger partial charge in [-0.2, -0.15) is 5.10 Å². The lowest BCUT2D eigenvalue weighted by Gasteiger charge is -2.25. The SMILES string of the molecule is CCOc1cc2c(cc1OC)-c1cc(=Nc3c(C)cc(C)cc3CCOc3cc4c(cc3OC)-c3cc(=Nc5c(C)cc(C)cc5C)n(CCN/C(N)=C/NNC)c(=O)n3CC4)n(CCCNc3ncn[nH]3)c(=O)n1CC2. The molecule has 7 N–H and O–H groups in total. The molecule has 7 aromatic rings. The van der Waals surface area contributed by atoms with Gasteiger partial charge in [-0.1, -0.05) is 35.4 Å². The number of nitrogens with one attached hydrogen (secondary N) is 5. The normalized spacial score (nSPS) is 13.1. The Hall–Kier alpha value is -8.52. The number of hydrazine groups is 1. The molecular formula is C57H70N14O6. The molecule has 0 radical (unpaired) electrons. The molecule has 3 aromatic heterocycles. The summed E-state index contributed by atoms with van der Waals surface area (Å²) in [6, 6.07) is 20.5. The van der Waals surface area contributed by atoms with Gasteiger partial charge in [0.15, 0.2) is 23.0 Å². The molecule has 0 saturated heterocycles. The summed E-state index contributed by atoms with van der Waals surface area (Å²) in [7, 11) is 5.00. The van der Waals surface area contributed by atoms with Crippen molar-refractivity contribution in [1.29, 1.82) is 0 Å². The number of H-pyrrole nitrogens is 1. The maximum absolute atomic E-state index is 14.7. The summed E-state index contributed by atoms with van der Waals surface area (Å²) in [6.45, 7) is 15.7. The summed E-state index contributed by atoms with van der Waals surface area (Å²) in [5, 5.41) is 13.2. The van der Waals surface area contributed by atoms with Gasteiger partial charge in [0, 0.05) is 76.0 Å². The van der Waals surface area contributed by atoms with E-state index in [0.29, 0.717) is 124 Å². The first kappa shape index (κ1) is 53.3. The lowest BCUT2D eigenvalue weighted by molar-refractivity contribution is 0.297. The van der Waals surface area contributed by atoms with Crippen molar-refractivity contribution in [2.45, 2.75) is 93.4 Å². The Morgan fingerprint density at radius 3 is 1.87 bits per heavy atom. The number of hydrogen-bond acceptors (Lipinski definition) is 15. The minimum atomic E-state index is -0.173. The molecule has 20 heteroatoms. The van der Waals surface area contributed by atoms with E-state index >= 15 is 0 Å². The van der Waals surface area contributed by atoms with Gasteiger partial charge in [0.25, 0.3) is 0 Å². The van der Waals surface area contributed by atoms with Gasteiger partial charge >= 0.3 is 11.4 Å². The van der Waals surface area contributed by atoms with Crippen LogP contribution in [-0.4, -0.2) is 81.0 Å². The Morgan fingerprint density at radius 2 is 1.30 bits per heavy atom. The van der Waals surface area contributed by atoms with Crippen LogP contribution in [0.1, 0.15) is 57.9 Å². The fraction of sp³-hybridized carbons (Fsp3) is 0.368. The standard InChI is InChI=1S/C57H70N14O6/c1-10-76-48-26-39-12-18-68-45(42(39)28-46(48)74-8)31-52(70(56(68)72)17-11-15-61-55-62-33-64-67-55)66-54-38(6)24-35(3)25-41(54)14-21-77-49-27-40-13-19-69-44(43(40)29-47(49)75-9)30-51(65-53-36(4)22-34(2)23-37(53)5)71(57(69)73)20-16-60-50(58)32-63-59-7/h22-33,59-60,63H,10-21,58H2,1-9H3,(H2,61,62,64,67)/b50-32+,65-51?,66-52?. The lowest BCUT2D eigenvalue weighted by atomic mass is 9.96. The van der Waals surface area contributed by atoms with Gasteiger partial charge in [-0.05, 0) is 118 Å². The first-order valence-electron chi connectivity index (χ1n) is 26.1. The van der Waals surface area contributed by atoms with E-state index in [9.17, 15) is 9.59 Å². The smallest absolute Gasteiger partial charge is 0.330 e. The molecule has 0 aliphatic carbocycles. The summed E-state index contributed by atoms with van der Waals surface area (Å²) in [6.07, 6.45) is 5.45. The number of fused-ring (bicyclic) bond motifs is 6. The molecule has 0 spiro atoms. The fourth-order valence-electron chi connectivity index (χ4n) is 10.5. The molecule has 2 aliphatic heterocycles. The molecule has 0 amide bonds. The summed E-state index contributed by atoms with van der Waals surface area (Å²) in [5.74, 6) is 3.39. The molecule has 0 unspecified atom stereocenters. The van der Waals surface area contributed by atoms with Gasteiger partial charge in [0.05, 0.1) is 56.4 Å². The molecule has 0 saturated carbocycles. The third-order valence-electron chi connectivity index (χ3n) is 14.0. The molecule has 2 aliphatic rings. The Labute approximate surface area is 447 Å². The second-order valence-electron chi connectivity index (χ2n) is 19.4. The average Bonchev–Trinajstić information content (AvgIpc) is 3.94. The molecule has 77 heavy (non-hydrogen) atoms. The van der Waals surface area contributed by atoms with E-state index in [-0.39, 0.29) is 11.4 Å². The molecule has 9 rings (SSSR count). The molecule has 0 bridgehead atoms. The van der Waals surface area contributed by atoms with Crippen LogP contribution in [0.2, 0.25) is 0 Å². The number of aromatic nitrogens is 7. The number of nitrogens with zero attached hydrogens (tertiary/aromatic N) is 8. The minimum absolute atomic E-state index is 0.146. The maximum Gasteiger partial charge on any atom is 0.330 e. The van der Waals surface area contributed by atoms with Crippen LogP contribution < -0.4 is 68.5 Å². The zero-order valence-corrected chi connectivity index (χ0v) is 45.5. The number of benzene rings is 4. The highest BCUT2D eigenvalue weighted by molar-refractivity contribution is 5.71. The summed E-state index contributed by atoms with van der Waals surface area (Å²) < 4.78 is 31.5. The van der Waals surface area contributed by atoms with Crippen molar-refractivity contribution in [1.82, 2.24) is 49.6 Å². The predicted octanol–water partition coefficient (Wildman–Crippen LogP) is 5.80. The average molecular weight is 1050 g/mol. The summed E-state index contributed by atoms with van der Waals surface area (Å²) >= 11 is 0. The Kier molecular flexibility index (Phi) is 16.3. The quantitative estimate of drug-likeness (QED) is 0.0370. The maximum atomic E-state index is 14.7. The second-order valence-corrected chi connectivity index (χ2v) is 19.4. The van der Waals surface area contributed by atoms with Gasteiger partial charge in [0.2, 0.25) is 5.95 Å². The van der Waals surface area contributed by atoms with Crippen molar-refractivity contribution in [3.8, 4) is 45.5 Å². The van der Waals surface area contributed by atoms with E-state index in [4.69, 9.17) is 34.7 Å². The Bertz CT molecular complexity index is 3600. The van der Waals surface area contributed by atoms with Crippen LogP contribution in [0.15, 0.2) is 98.6 Å². The van der Waals surface area contributed by atoms with Crippen LogP contribution >= 0.6 is 0 Å². The Balaban J connectivity index is 1.05. The number of nitrogens with two attached hydrogens (primary N) is 1. The fourth-order valence-corrected chi connectivity index (χ4v) is 10.5. The molecule has 20 nitrogen and oxygen atoms in total. The van der Waals surface area contributed by atoms with E-state index in [1.54, 1.807) is 36.6 Å². The third-order valence-corrected chi connectivity index (χ3v) is 14.0. The largest absolute Gasteiger partial charge is 0.493 e. The van der Waals surface area contributed by atoms with Crippen LogP contribution in [0.3, 0.4) is 0 Å². The van der Waals surface area contributed by atoms with E-state index in [2.05, 4.69) is 81.7 Å². The molecule has 0 atom stereocenters. The lowest BCUT2D eigenvalue weighted by Crippen LogP contribution is -2.44. The van der Waals surface area contributed by atoms with Crippen LogP contribution in [0.4, 0.5) is 17.3 Å². The van der Waals surface area contributed by atoms with Gasteiger partial charge in [-0.3, -0.25) is 18.3 Å². The highest BCUT2D eigenvalue weighted by Crippen LogP contribution is 2.40. The topological polar surface area (TPSA) is 231 Å². The Morgan fingerprint density at radius 1 is 0.727 bits per heavy atom. The van der Waals surface area contributed by atoms with Crippen molar-refractivity contribution < 1.29 is 18.9 Å². The first-order valence-corrected chi connectivity index (χ1v) is 26.1. The summed E-state index contributed by atoms with van der Waals surface area (Å²) in [4.78, 5) is 44.0. The monoisotopic (exact) mass is 1050 g/mol. The molecule has 4 aromatic carbocycles. The van der Waals surface area contributed by atoms with E-state index < -0.39 is 0 Å². The molecule has 0 fully saturated rings. The van der Waals surface area contributed by atoms with Crippen molar-refractivity contribution in [3.05, 3.63) is 155 Å². The number of rotatable bonds is 21. The molecular weight excluding hydrogens is 977 g/mol. The van der Waals surface area contributed by atoms with Gasteiger partial charge in [0.1, 0.15) is 23.1 Å². The van der Waals surface area contributed by atoms with E-state index in [1.165, 1.54) is 6.33 Å². The van der Waals surface area contributed by atoms with Crippen LogP contribution in [-0.2, 0) is 45.4 Å². The first-order chi connectivity index (χ1) is 37.3. The number of ether oxygens (including phenoxy) is 4. The zero-order valence-electron chi connectivity index (χ0n) is 45.5. The third kappa shape index (κ3) is 11.5. The van der Waals surface area contributed by atoms with Gasteiger partial charge in [-0.25, -0.2) is 35.1 Å². The van der Waals surface area contributed by atoms with Gasteiger partial charge < -0.3 is 40.7 Å². The summed E-state index contributed by atoms with van der Waals surface area (Å²) in [5.41, 5.74) is 25.8. The minimum Gasteiger partial charge on any atom is -0.493 e. The van der Waals surface area contributed by atoms with E-state index in [1.807, 2.05) is 66.3 Å². The van der Waals surface area contributed by atoms with Crippen LogP contribution in [0.25, 0.3) is 22.5 Å².